The summed E-state index contributed by atoms with van der Waals surface area (Å²) in [7, 11) is 3.00. The van der Waals surface area contributed by atoms with E-state index >= 15 is 0 Å². The minimum atomic E-state index is -0.424. The predicted octanol–water partition coefficient (Wildman–Crippen LogP) is 3.63. The number of nitrogens with one attached hydrogen (secondary N) is 2. The Labute approximate surface area is 193 Å². The number of halogens is 1. The van der Waals surface area contributed by atoms with Crippen molar-refractivity contribution in [1.29, 1.82) is 0 Å². The quantitative estimate of drug-likeness (QED) is 0.635. The topological polar surface area (TPSA) is 66.1 Å². The summed E-state index contributed by atoms with van der Waals surface area (Å²) in [6.07, 6.45) is 0. The van der Waals surface area contributed by atoms with Crippen LogP contribution in [0.15, 0.2) is 36.4 Å². The first kappa shape index (κ1) is 23.1. The lowest BCUT2D eigenvalue weighted by Gasteiger charge is -2.37. The van der Waals surface area contributed by atoms with Crippen molar-refractivity contribution in [3.8, 4) is 11.5 Å². The third kappa shape index (κ3) is 5.39. The van der Waals surface area contributed by atoms with Gasteiger partial charge in [0.05, 0.1) is 30.6 Å². The molecule has 1 fully saturated rings. The number of nitrogens with zero attached hydrogens (tertiary/aromatic N) is 2. The maximum Gasteiger partial charge on any atom is 0.264 e. The van der Waals surface area contributed by atoms with Gasteiger partial charge in [-0.3, -0.25) is 10.1 Å². The highest BCUT2D eigenvalue weighted by molar-refractivity contribution is 7.80. The number of anilines is 2. The molecule has 9 heteroatoms. The van der Waals surface area contributed by atoms with Crippen LogP contribution >= 0.6 is 23.8 Å². The van der Waals surface area contributed by atoms with Gasteiger partial charge in [-0.15, -0.1) is 0 Å². The molecule has 2 aromatic rings. The van der Waals surface area contributed by atoms with E-state index in [2.05, 4.69) is 27.4 Å². The smallest absolute Gasteiger partial charge is 0.264 e. The monoisotopic (exact) mass is 462 g/mol. The third-order valence-electron chi connectivity index (χ3n) is 5.25. The number of hydrogen-bond acceptors (Lipinski definition) is 6. The van der Waals surface area contributed by atoms with E-state index in [4.69, 9.17) is 33.3 Å². The molecular weight excluding hydrogens is 436 g/mol. The largest absolute Gasteiger partial charge is 0.496 e. The number of likely N-dealkylation sites (N-methyl/N-ethyl adjacent to an activating group) is 1. The van der Waals surface area contributed by atoms with Crippen LogP contribution in [0.3, 0.4) is 0 Å². The zero-order chi connectivity index (χ0) is 22.4. The molecule has 1 aliphatic rings. The zero-order valence-corrected chi connectivity index (χ0v) is 19.5. The summed E-state index contributed by atoms with van der Waals surface area (Å²) < 4.78 is 10.6. The van der Waals surface area contributed by atoms with E-state index in [9.17, 15) is 4.79 Å². The standard InChI is InChI=1S/C22H27ClN4O3S/c1-4-26-11-13-27(14-12-26)20-15(23)7-5-8-16(20)24-22(31)25-21(28)19-17(29-2)9-6-10-18(19)30-3/h5-10H,4,11-14H2,1-3H3,(H2,24,25,28,31). The van der Waals surface area contributed by atoms with Gasteiger partial charge in [0.25, 0.3) is 5.91 Å². The molecule has 0 radical (unpaired) electrons. The molecule has 31 heavy (non-hydrogen) atoms. The van der Waals surface area contributed by atoms with Crippen molar-refractivity contribution in [2.75, 3.05) is 57.2 Å². The minimum absolute atomic E-state index is 0.161. The van der Waals surface area contributed by atoms with E-state index in [0.29, 0.717) is 16.5 Å². The maximum absolute atomic E-state index is 12.9. The first-order valence-corrected chi connectivity index (χ1v) is 10.9. The van der Waals surface area contributed by atoms with Crippen molar-refractivity contribution in [3.63, 3.8) is 0 Å². The molecule has 0 spiro atoms. The van der Waals surface area contributed by atoms with Crippen LogP contribution in [-0.2, 0) is 0 Å². The Kier molecular flexibility index (Phi) is 7.95. The molecule has 2 aromatic carbocycles. The van der Waals surface area contributed by atoms with Gasteiger partial charge in [-0.1, -0.05) is 30.7 Å². The molecule has 1 amide bonds. The summed E-state index contributed by atoms with van der Waals surface area (Å²) in [6.45, 7) is 6.86. The van der Waals surface area contributed by atoms with Gasteiger partial charge >= 0.3 is 0 Å². The van der Waals surface area contributed by atoms with E-state index in [1.54, 1.807) is 18.2 Å². The number of para-hydroxylation sites is 1. The van der Waals surface area contributed by atoms with Crippen molar-refractivity contribution >= 4 is 46.2 Å². The number of rotatable bonds is 6. The van der Waals surface area contributed by atoms with E-state index in [0.717, 1.165) is 44.1 Å². The number of piperazine rings is 1. The van der Waals surface area contributed by atoms with Crippen LogP contribution in [0.4, 0.5) is 11.4 Å². The zero-order valence-electron chi connectivity index (χ0n) is 17.9. The molecule has 2 N–H and O–H groups in total. The van der Waals surface area contributed by atoms with Crippen molar-refractivity contribution in [3.05, 3.63) is 47.0 Å². The van der Waals surface area contributed by atoms with E-state index < -0.39 is 5.91 Å². The molecule has 0 aromatic heterocycles. The number of carbonyl (C=O) groups is 1. The Morgan fingerprint density at radius 3 is 2.26 bits per heavy atom. The number of thiocarbonyl (C=S) groups is 1. The number of methoxy groups -OCH3 is 2. The van der Waals surface area contributed by atoms with Gasteiger partial charge in [0.15, 0.2) is 5.11 Å². The first-order chi connectivity index (χ1) is 15.0. The predicted molar refractivity (Wildman–Crippen MR) is 129 cm³/mol. The second-order valence-electron chi connectivity index (χ2n) is 7.00. The molecule has 166 valence electrons. The van der Waals surface area contributed by atoms with Gasteiger partial charge in [-0.2, -0.15) is 0 Å². The highest BCUT2D eigenvalue weighted by Crippen LogP contribution is 2.35. The second kappa shape index (κ2) is 10.7. The Bertz CT molecular complexity index is 926. The van der Waals surface area contributed by atoms with Gasteiger partial charge in [-0.25, -0.2) is 0 Å². The van der Waals surface area contributed by atoms with Crippen LogP contribution in [0, 0.1) is 0 Å². The van der Waals surface area contributed by atoms with Crippen molar-refractivity contribution in [2.24, 2.45) is 0 Å². The lowest BCUT2D eigenvalue weighted by molar-refractivity contribution is 0.0971. The fraction of sp³-hybridized carbons (Fsp3) is 0.364. The van der Waals surface area contributed by atoms with Crippen LogP contribution in [0.5, 0.6) is 11.5 Å². The Hall–Kier alpha value is -2.55. The lowest BCUT2D eigenvalue weighted by atomic mass is 10.1. The molecular formula is C22H27ClN4O3S. The molecule has 1 heterocycles. The van der Waals surface area contributed by atoms with Gasteiger partial charge in [-0.05, 0) is 43.0 Å². The molecule has 0 bridgehead atoms. The van der Waals surface area contributed by atoms with Gasteiger partial charge in [0.1, 0.15) is 17.1 Å². The van der Waals surface area contributed by atoms with Gasteiger partial charge < -0.3 is 24.6 Å². The lowest BCUT2D eigenvalue weighted by Crippen LogP contribution is -2.46. The van der Waals surface area contributed by atoms with E-state index in [-0.39, 0.29) is 10.7 Å². The average molecular weight is 463 g/mol. The minimum Gasteiger partial charge on any atom is -0.496 e. The molecule has 1 saturated heterocycles. The van der Waals surface area contributed by atoms with E-state index in [1.807, 2.05) is 18.2 Å². The third-order valence-corrected chi connectivity index (χ3v) is 5.76. The number of carbonyl (C=O) groups excluding carboxylic acids is 1. The average Bonchev–Trinajstić information content (AvgIpc) is 2.78. The normalized spacial score (nSPS) is 14.1. The van der Waals surface area contributed by atoms with Gasteiger partial charge in [0.2, 0.25) is 0 Å². The summed E-state index contributed by atoms with van der Waals surface area (Å²) in [5.41, 5.74) is 1.90. The van der Waals surface area contributed by atoms with Crippen LogP contribution in [0.25, 0.3) is 0 Å². The molecule has 0 saturated carbocycles. The highest BCUT2D eigenvalue weighted by atomic mass is 35.5. The fourth-order valence-electron chi connectivity index (χ4n) is 3.62. The first-order valence-electron chi connectivity index (χ1n) is 10.1. The summed E-state index contributed by atoms with van der Waals surface area (Å²) in [5.74, 6) is 0.376. The molecule has 0 unspecified atom stereocenters. The number of benzene rings is 2. The summed E-state index contributed by atoms with van der Waals surface area (Å²) in [5, 5.41) is 6.63. The molecule has 3 rings (SSSR count). The Morgan fingerprint density at radius 1 is 1.06 bits per heavy atom. The molecule has 0 aliphatic carbocycles. The number of hydrogen-bond donors (Lipinski definition) is 2. The number of amides is 1. The summed E-state index contributed by atoms with van der Waals surface area (Å²) in [6, 6.07) is 10.7. The molecule has 0 atom stereocenters. The second-order valence-corrected chi connectivity index (χ2v) is 7.82. The van der Waals surface area contributed by atoms with Crippen molar-refractivity contribution in [2.45, 2.75) is 6.92 Å². The Balaban J connectivity index is 1.76. The molecule has 1 aliphatic heterocycles. The van der Waals surface area contributed by atoms with Crippen LogP contribution in [0.2, 0.25) is 5.02 Å². The Morgan fingerprint density at radius 2 is 1.68 bits per heavy atom. The van der Waals surface area contributed by atoms with Crippen molar-refractivity contribution in [1.82, 2.24) is 10.2 Å². The van der Waals surface area contributed by atoms with Gasteiger partial charge in [0, 0.05) is 26.2 Å². The fourth-order valence-corrected chi connectivity index (χ4v) is 4.12. The molecule has 7 nitrogen and oxygen atoms in total. The summed E-state index contributed by atoms with van der Waals surface area (Å²) in [4.78, 5) is 17.5. The summed E-state index contributed by atoms with van der Waals surface area (Å²) >= 11 is 12.0. The van der Waals surface area contributed by atoms with Crippen LogP contribution < -0.4 is 25.0 Å². The maximum atomic E-state index is 12.9. The van der Waals surface area contributed by atoms with Crippen LogP contribution in [-0.4, -0.2) is 62.9 Å². The van der Waals surface area contributed by atoms with Crippen LogP contribution in [0.1, 0.15) is 17.3 Å². The SMILES string of the molecule is CCN1CCN(c2c(Cl)cccc2NC(=S)NC(=O)c2c(OC)cccc2OC)CC1. The van der Waals surface area contributed by atoms with E-state index in [1.165, 1.54) is 14.2 Å². The highest BCUT2D eigenvalue weighted by Gasteiger charge is 2.22. The number of ether oxygens (including phenoxy) is 2. The van der Waals surface area contributed by atoms with Crippen molar-refractivity contribution < 1.29 is 14.3 Å².